The summed E-state index contributed by atoms with van der Waals surface area (Å²) in [4.78, 5) is 13.9. The van der Waals surface area contributed by atoms with Gasteiger partial charge in [-0.3, -0.25) is 9.89 Å². The number of H-pyrrole nitrogens is 1. The fourth-order valence-corrected chi connectivity index (χ4v) is 3.28. The lowest BCUT2D eigenvalue weighted by atomic mass is 9.85. The lowest BCUT2D eigenvalue weighted by molar-refractivity contribution is -0.141. The highest BCUT2D eigenvalue weighted by Crippen LogP contribution is 2.32. The topological polar surface area (TPSA) is 58.2 Å². The molecule has 1 atom stereocenters. The highest BCUT2D eigenvalue weighted by atomic mass is 19.4. The predicted molar refractivity (Wildman–Crippen MR) is 71.1 cm³/mol. The molecular weight excluding hydrogens is 299 g/mol. The maximum atomic E-state index is 12.5. The molecule has 2 fully saturated rings. The van der Waals surface area contributed by atoms with Crippen LogP contribution in [0.2, 0.25) is 0 Å². The lowest BCUT2D eigenvalue weighted by Gasteiger charge is -2.27. The number of aromatic amines is 1. The van der Waals surface area contributed by atoms with Gasteiger partial charge < -0.3 is 9.64 Å². The van der Waals surface area contributed by atoms with Gasteiger partial charge in [-0.1, -0.05) is 0 Å². The molecule has 8 heteroatoms. The molecule has 0 bridgehead atoms. The van der Waals surface area contributed by atoms with Gasteiger partial charge in [-0.15, -0.1) is 0 Å². The first-order valence-corrected chi connectivity index (χ1v) is 7.45. The Kier molecular flexibility index (Phi) is 4.12. The van der Waals surface area contributed by atoms with E-state index in [-0.39, 0.29) is 5.69 Å². The molecule has 1 amide bonds. The van der Waals surface area contributed by atoms with Crippen molar-refractivity contribution in [1.82, 2.24) is 15.1 Å². The molecule has 3 heterocycles. The number of hydrogen-bond donors (Lipinski definition) is 1. The third-order valence-electron chi connectivity index (χ3n) is 4.55. The Morgan fingerprint density at radius 2 is 2.00 bits per heavy atom. The van der Waals surface area contributed by atoms with Crippen LogP contribution in [0, 0.1) is 11.8 Å². The minimum absolute atomic E-state index is 0.167. The molecule has 1 N–H and O–H groups in total. The molecule has 0 spiro atoms. The van der Waals surface area contributed by atoms with E-state index in [1.54, 1.807) is 4.90 Å². The van der Waals surface area contributed by atoms with E-state index in [0.717, 1.165) is 38.5 Å². The van der Waals surface area contributed by atoms with Crippen LogP contribution >= 0.6 is 0 Å². The van der Waals surface area contributed by atoms with Crippen molar-refractivity contribution in [1.29, 1.82) is 0 Å². The Bertz CT molecular complexity index is 538. The summed E-state index contributed by atoms with van der Waals surface area (Å²) in [6.45, 7) is 2.68. The number of carbonyl (C=O) groups excluding carboxylic acids is 1. The third kappa shape index (κ3) is 3.11. The van der Waals surface area contributed by atoms with E-state index in [2.05, 4.69) is 5.10 Å². The molecule has 22 heavy (non-hydrogen) atoms. The predicted octanol–water partition coefficient (Wildman–Crippen LogP) is 2.32. The standard InChI is InChI=1S/C14H18F3N3O2/c15-14(16,17)12-7-11(18-19-12)13(21)20-4-1-10(8-20)9-2-5-22-6-3-9/h7,9-10H,1-6,8H2,(H,18,19). The highest BCUT2D eigenvalue weighted by Gasteiger charge is 2.36. The Labute approximate surface area is 125 Å². The normalized spacial score (nSPS) is 24.0. The second-order valence-corrected chi connectivity index (χ2v) is 5.91. The van der Waals surface area contributed by atoms with Crippen LogP contribution in [0.5, 0.6) is 0 Å². The molecule has 2 aliphatic heterocycles. The van der Waals surface area contributed by atoms with Gasteiger partial charge in [-0.2, -0.15) is 18.3 Å². The zero-order chi connectivity index (χ0) is 15.7. The molecule has 5 nitrogen and oxygen atoms in total. The van der Waals surface area contributed by atoms with Crippen LogP contribution in [-0.4, -0.2) is 47.3 Å². The zero-order valence-electron chi connectivity index (χ0n) is 12.0. The van der Waals surface area contributed by atoms with Crippen LogP contribution in [0.4, 0.5) is 13.2 Å². The van der Waals surface area contributed by atoms with Crippen molar-refractivity contribution in [3.63, 3.8) is 0 Å². The average Bonchev–Trinajstić information content (AvgIpc) is 3.16. The van der Waals surface area contributed by atoms with Gasteiger partial charge in [0, 0.05) is 32.4 Å². The summed E-state index contributed by atoms with van der Waals surface area (Å²) in [6.07, 6.45) is -1.63. The largest absolute Gasteiger partial charge is 0.432 e. The third-order valence-corrected chi connectivity index (χ3v) is 4.55. The number of likely N-dealkylation sites (tertiary alicyclic amines) is 1. The average molecular weight is 317 g/mol. The Morgan fingerprint density at radius 1 is 1.27 bits per heavy atom. The van der Waals surface area contributed by atoms with Gasteiger partial charge in [-0.25, -0.2) is 0 Å². The zero-order valence-corrected chi connectivity index (χ0v) is 12.0. The van der Waals surface area contributed by atoms with Gasteiger partial charge in [0.1, 0.15) is 5.69 Å². The fraction of sp³-hybridized carbons (Fsp3) is 0.714. The van der Waals surface area contributed by atoms with Gasteiger partial charge >= 0.3 is 6.18 Å². The second-order valence-electron chi connectivity index (χ2n) is 5.91. The Balaban J connectivity index is 1.62. The number of rotatable bonds is 2. The maximum absolute atomic E-state index is 12.5. The van der Waals surface area contributed by atoms with E-state index in [1.807, 2.05) is 5.10 Å². The van der Waals surface area contributed by atoms with Crippen molar-refractivity contribution in [3.05, 3.63) is 17.5 Å². The number of hydrogen-bond acceptors (Lipinski definition) is 3. The summed E-state index contributed by atoms with van der Waals surface area (Å²) in [5.41, 5.74) is -1.16. The molecule has 3 rings (SSSR count). The molecule has 0 radical (unpaired) electrons. The minimum atomic E-state index is -4.51. The molecule has 122 valence electrons. The van der Waals surface area contributed by atoms with E-state index in [0.29, 0.717) is 24.9 Å². The second kappa shape index (κ2) is 5.91. The van der Waals surface area contributed by atoms with E-state index in [9.17, 15) is 18.0 Å². The fourth-order valence-electron chi connectivity index (χ4n) is 3.28. The molecular formula is C14H18F3N3O2. The van der Waals surface area contributed by atoms with Crippen molar-refractivity contribution in [2.24, 2.45) is 11.8 Å². The van der Waals surface area contributed by atoms with Gasteiger partial charge in [0.2, 0.25) is 0 Å². The number of ether oxygens (including phenoxy) is 1. The number of carbonyl (C=O) groups is 1. The first-order valence-electron chi connectivity index (χ1n) is 7.45. The molecule has 0 aromatic carbocycles. The van der Waals surface area contributed by atoms with E-state index < -0.39 is 17.8 Å². The van der Waals surface area contributed by atoms with Crippen molar-refractivity contribution >= 4 is 5.91 Å². The number of nitrogens with one attached hydrogen (secondary N) is 1. The number of halogens is 3. The van der Waals surface area contributed by atoms with Crippen LogP contribution < -0.4 is 0 Å². The van der Waals surface area contributed by atoms with Gasteiger partial charge in [0.15, 0.2) is 5.69 Å². The summed E-state index contributed by atoms with van der Waals surface area (Å²) >= 11 is 0. The minimum Gasteiger partial charge on any atom is -0.381 e. The lowest BCUT2D eigenvalue weighted by Crippen LogP contribution is -2.31. The van der Waals surface area contributed by atoms with Crippen molar-refractivity contribution in [2.45, 2.75) is 25.4 Å². The van der Waals surface area contributed by atoms with Gasteiger partial charge in [0.25, 0.3) is 5.91 Å². The van der Waals surface area contributed by atoms with Crippen LogP contribution in [0.15, 0.2) is 6.07 Å². The quantitative estimate of drug-likeness (QED) is 0.911. The highest BCUT2D eigenvalue weighted by molar-refractivity contribution is 5.92. The first-order chi connectivity index (χ1) is 10.4. The number of amides is 1. The summed E-state index contributed by atoms with van der Waals surface area (Å²) in [6, 6.07) is 0.782. The van der Waals surface area contributed by atoms with E-state index in [1.165, 1.54) is 0 Å². The molecule has 2 saturated heterocycles. The van der Waals surface area contributed by atoms with Gasteiger partial charge in [0.05, 0.1) is 0 Å². The summed E-state index contributed by atoms with van der Waals surface area (Å²) in [5.74, 6) is 0.520. The van der Waals surface area contributed by atoms with Crippen molar-refractivity contribution in [3.8, 4) is 0 Å². The van der Waals surface area contributed by atoms with Crippen LogP contribution in [-0.2, 0) is 10.9 Å². The smallest absolute Gasteiger partial charge is 0.381 e. The van der Waals surface area contributed by atoms with Crippen LogP contribution in [0.3, 0.4) is 0 Å². The number of alkyl halides is 3. The Hall–Kier alpha value is -1.57. The molecule has 0 aliphatic carbocycles. The number of nitrogens with zero attached hydrogens (tertiary/aromatic N) is 2. The van der Waals surface area contributed by atoms with Crippen LogP contribution in [0.1, 0.15) is 35.4 Å². The molecule has 0 saturated carbocycles. The molecule has 1 aromatic heterocycles. The summed E-state index contributed by atoms with van der Waals surface area (Å²) in [7, 11) is 0. The van der Waals surface area contributed by atoms with Crippen molar-refractivity contribution < 1.29 is 22.7 Å². The van der Waals surface area contributed by atoms with E-state index in [4.69, 9.17) is 4.74 Å². The SMILES string of the molecule is O=C(c1cc(C(F)(F)F)[nH]n1)N1CCC(C2CCOCC2)C1. The molecule has 1 aromatic rings. The molecule has 2 aliphatic rings. The van der Waals surface area contributed by atoms with Crippen molar-refractivity contribution in [2.75, 3.05) is 26.3 Å². The Morgan fingerprint density at radius 3 is 2.64 bits per heavy atom. The summed E-state index contributed by atoms with van der Waals surface area (Å²) in [5, 5.41) is 5.39. The first kappa shape index (κ1) is 15.3. The summed E-state index contributed by atoms with van der Waals surface area (Å²) < 4.78 is 43.0. The monoisotopic (exact) mass is 317 g/mol. The van der Waals surface area contributed by atoms with Crippen LogP contribution in [0.25, 0.3) is 0 Å². The van der Waals surface area contributed by atoms with Gasteiger partial charge in [-0.05, 0) is 31.1 Å². The van der Waals surface area contributed by atoms with E-state index >= 15 is 0 Å². The number of aromatic nitrogens is 2. The maximum Gasteiger partial charge on any atom is 0.432 e. The molecule has 1 unspecified atom stereocenters.